The molecule has 0 aliphatic carbocycles. The monoisotopic (exact) mass is 147 g/mol. The molecule has 1 N–H and O–H groups in total. The summed E-state index contributed by atoms with van der Waals surface area (Å²) in [5.41, 5.74) is 0. The summed E-state index contributed by atoms with van der Waals surface area (Å²) in [5.74, 6) is 1.17. The summed E-state index contributed by atoms with van der Waals surface area (Å²) in [4.78, 5) is 10.8. The van der Waals surface area contributed by atoms with Crippen LogP contribution >= 0.6 is 11.8 Å². The van der Waals surface area contributed by atoms with Crippen molar-refractivity contribution in [2.75, 3.05) is 19.1 Å². The second-order valence-corrected chi connectivity index (χ2v) is 2.88. The SMILES string of the molecule is CNC(=O)C(C)CSC. The van der Waals surface area contributed by atoms with Gasteiger partial charge in [-0.05, 0) is 6.26 Å². The average molecular weight is 147 g/mol. The lowest BCUT2D eigenvalue weighted by Crippen LogP contribution is -2.26. The van der Waals surface area contributed by atoms with Crippen LogP contribution in [-0.2, 0) is 4.79 Å². The van der Waals surface area contributed by atoms with Crippen molar-refractivity contribution in [1.29, 1.82) is 0 Å². The Kier molecular flexibility index (Phi) is 4.58. The smallest absolute Gasteiger partial charge is 0.223 e. The maximum absolute atomic E-state index is 10.8. The lowest BCUT2D eigenvalue weighted by molar-refractivity contribution is -0.123. The first-order valence-electron chi connectivity index (χ1n) is 2.93. The van der Waals surface area contributed by atoms with Crippen LogP contribution in [0.3, 0.4) is 0 Å². The van der Waals surface area contributed by atoms with Crippen molar-refractivity contribution in [3.63, 3.8) is 0 Å². The zero-order chi connectivity index (χ0) is 7.28. The molecule has 0 aromatic heterocycles. The number of thioether (sulfide) groups is 1. The van der Waals surface area contributed by atoms with Gasteiger partial charge < -0.3 is 5.32 Å². The minimum absolute atomic E-state index is 0.129. The van der Waals surface area contributed by atoms with Gasteiger partial charge in [-0.3, -0.25) is 4.79 Å². The minimum Gasteiger partial charge on any atom is -0.359 e. The van der Waals surface area contributed by atoms with E-state index in [0.717, 1.165) is 5.75 Å². The van der Waals surface area contributed by atoms with Crippen molar-refractivity contribution in [1.82, 2.24) is 5.32 Å². The highest BCUT2D eigenvalue weighted by Crippen LogP contribution is 2.03. The van der Waals surface area contributed by atoms with Crippen LogP contribution < -0.4 is 5.32 Å². The molecule has 0 rings (SSSR count). The first-order chi connectivity index (χ1) is 4.22. The summed E-state index contributed by atoms with van der Waals surface area (Å²) in [6, 6.07) is 0. The van der Waals surface area contributed by atoms with Crippen LogP contribution in [-0.4, -0.2) is 25.0 Å². The standard InChI is InChI=1S/C6H13NOS/c1-5(4-9-3)6(8)7-2/h5H,4H2,1-3H3,(H,7,8). The normalized spacial score (nSPS) is 12.8. The summed E-state index contributed by atoms with van der Waals surface area (Å²) in [7, 11) is 1.67. The molecule has 0 saturated heterocycles. The van der Waals surface area contributed by atoms with Gasteiger partial charge in [0.15, 0.2) is 0 Å². The van der Waals surface area contributed by atoms with Crippen molar-refractivity contribution in [3.8, 4) is 0 Å². The Bertz CT molecular complexity index is 95.1. The molecule has 54 valence electrons. The molecule has 0 bridgehead atoms. The van der Waals surface area contributed by atoms with E-state index in [1.807, 2.05) is 13.2 Å². The van der Waals surface area contributed by atoms with Gasteiger partial charge in [-0.1, -0.05) is 6.92 Å². The van der Waals surface area contributed by atoms with Crippen LogP contribution in [0.15, 0.2) is 0 Å². The third-order valence-corrected chi connectivity index (χ3v) is 1.94. The van der Waals surface area contributed by atoms with Gasteiger partial charge in [0.25, 0.3) is 0 Å². The molecular weight excluding hydrogens is 134 g/mol. The van der Waals surface area contributed by atoms with Crippen molar-refractivity contribution < 1.29 is 4.79 Å². The van der Waals surface area contributed by atoms with Crippen LogP contribution in [0.25, 0.3) is 0 Å². The molecule has 0 fully saturated rings. The Labute approximate surface area is 60.4 Å². The van der Waals surface area contributed by atoms with Crippen molar-refractivity contribution in [2.24, 2.45) is 5.92 Å². The fourth-order valence-electron chi connectivity index (χ4n) is 0.572. The Morgan fingerprint density at radius 1 is 1.78 bits per heavy atom. The topological polar surface area (TPSA) is 29.1 Å². The van der Waals surface area contributed by atoms with Crippen LogP contribution in [0.4, 0.5) is 0 Å². The highest BCUT2D eigenvalue weighted by atomic mass is 32.2. The molecule has 3 heteroatoms. The van der Waals surface area contributed by atoms with Gasteiger partial charge in [0.2, 0.25) is 5.91 Å². The zero-order valence-corrected chi connectivity index (χ0v) is 6.92. The first-order valence-corrected chi connectivity index (χ1v) is 4.32. The van der Waals surface area contributed by atoms with E-state index in [9.17, 15) is 4.79 Å². The molecule has 1 unspecified atom stereocenters. The predicted octanol–water partition coefficient (Wildman–Crippen LogP) is 0.732. The third kappa shape index (κ3) is 3.40. The van der Waals surface area contributed by atoms with Crippen LogP contribution in [0.2, 0.25) is 0 Å². The molecule has 0 aromatic rings. The summed E-state index contributed by atoms with van der Waals surface area (Å²) < 4.78 is 0. The molecule has 2 nitrogen and oxygen atoms in total. The lowest BCUT2D eigenvalue weighted by Gasteiger charge is -2.05. The van der Waals surface area contributed by atoms with Crippen molar-refractivity contribution in [2.45, 2.75) is 6.92 Å². The largest absolute Gasteiger partial charge is 0.359 e. The third-order valence-electron chi connectivity index (χ3n) is 1.11. The van der Waals surface area contributed by atoms with E-state index in [1.165, 1.54) is 0 Å². The van der Waals surface area contributed by atoms with Gasteiger partial charge >= 0.3 is 0 Å². The van der Waals surface area contributed by atoms with E-state index in [2.05, 4.69) is 5.32 Å². The second-order valence-electron chi connectivity index (χ2n) is 1.97. The molecule has 1 atom stereocenters. The first kappa shape index (κ1) is 8.82. The van der Waals surface area contributed by atoms with Crippen molar-refractivity contribution >= 4 is 17.7 Å². The highest BCUT2D eigenvalue weighted by molar-refractivity contribution is 7.98. The Hall–Kier alpha value is -0.180. The molecule has 0 heterocycles. The number of carbonyl (C=O) groups is 1. The summed E-state index contributed by atoms with van der Waals surface area (Å²) in [5, 5.41) is 2.60. The number of nitrogens with one attached hydrogen (secondary N) is 1. The Balaban J connectivity index is 3.45. The number of hydrogen-bond donors (Lipinski definition) is 1. The second kappa shape index (κ2) is 4.68. The minimum atomic E-state index is 0.129. The Morgan fingerprint density at radius 3 is 2.67 bits per heavy atom. The van der Waals surface area contributed by atoms with Crippen molar-refractivity contribution in [3.05, 3.63) is 0 Å². The molecule has 0 aliphatic heterocycles. The van der Waals surface area contributed by atoms with Gasteiger partial charge in [-0.2, -0.15) is 11.8 Å². The highest BCUT2D eigenvalue weighted by Gasteiger charge is 2.08. The van der Waals surface area contributed by atoms with Gasteiger partial charge in [0.05, 0.1) is 0 Å². The van der Waals surface area contributed by atoms with Crippen LogP contribution in [0.1, 0.15) is 6.92 Å². The number of rotatable bonds is 3. The molecule has 0 radical (unpaired) electrons. The van der Waals surface area contributed by atoms with Crippen LogP contribution in [0, 0.1) is 5.92 Å². The number of hydrogen-bond acceptors (Lipinski definition) is 2. The maximum Gasteiger partial charge on any atom is 0.223 e. The molecule has 1 amide bonds. The van der Waals surface area contributed by atoms with Gasteiger partial charge in [0.1, 0.15) is 0 Å². The van der Waals surface area contributed by atoms with Crippen LogP contribution in [0.5, 0.6) is 0 Å². The van der Waals surface area contributed by atoms with E-state index >= 15 is 0 Å². The Morgan fingerprint density at radius 2 is 2.33 bits per heavy atom. The van der Waals surface area contributed by atoms with Gasteiger partial charge in [0, 0.05) is 18.7 Å². The molecule has 0 spiro atoms. The molecule has 0 saturated carbocycles. The van der Waals surface area contributed by atoms with E-state index in [1.54, 1.807) is 18.8 Å². The van der Waals surface area contributed by atoms with E-state index < -0.39 is 0 Å². The van der Waals surface area contributed by atoms with Gasteiger partial charge in [-0.25, -0.2) is 0 Å². The fraction of sp³-hybridized carbons (Fsp3) is 0.833. The molecule has 9 heavy (non-hydrogen) atoms. The predicted molar refractivity (Wildman–Crippen MR) is 41.6 cm³/mol. The maximum atomic E-state index is 10.8. The molecular formula is C6H13NOS. The average Bonchev–Trinajstić information content (AvgIpc) is 1.87. The molecule has 0 aliphatic rings. The van der Waals surface area contributed by atoms with Gasteiger partial charge in [-0.15, -0.1) is 0 Å². The molecule has 0 aromatic carbocycles. The summed E-state index contributed by atoms with van der Waals surface area (Å²) in [6.45, 7) is 1.93. The quantitative estimate of drug-likeness (QED) is 0.637. The van der Waals surface area contributed by atoms with E-state index in [0.29, 0.717) is 0 Å². The lowest BCUT2D eigenvalue weighted by atomic mass is 10.2. The summed E-state index contributed by atoms with van der Waals surface area (Å²) in [6.07, 6.45) is 2.00. The fourth-order valence-corrected chi connectivity index (χ4v) is 1.22. The van der Waals surface area contributed by atoms with E-state index in [-0.39, 0.29) is 11.8 Å². The number of amides is 1. The number of carbonyl (C=O) groups excluding carboxylic acids is 1. The summed E-state index contributed by atoms with van der Waals surface area (Å²) >= 11 is 1.69. The zero-order valence-electron chi connectivity index (χ0n) is 6.10. The van der Waals surface area contributed by atoms with E-state index in [4.69, 9.17) is 0 Å².